The van der Waals surface area contributed by atoms with Crippen molar-refractivity contribution in [1.29, 1.82) is 0 Å². The normalized spacial score (nSPS) is 17.9. The Kier molecular flexibility index (Phi) is 4.83. The van der Waals surface area contributed by atoms with Crippen molar-refractivity contribution in [2.75, 3.05) is 18.0 Å². The molecule has 2 aromatic rings. The zero-order valence-electron chi connectivity index (χ0n) is 13.9. The summed E-state index contributed by atoms with van der Waals surface area (Å²) in [6.07, 6.45) is -2.32. The summed E-state index contributed by atoms with van der Waals surface area (Å²) in [5, 5.41) is 3.48. The molecule has 1 N–H and O–H groups in total. The minimum Gasteiger partial charge on any atom is -0.359 e. The van der Waals surface area contributed by atoms with Crippen LogP contribution in [-0.4, -0.2) is 30.0 Å². The van der Waals surface area contributed by atoms with Gasteiger partial charge in [-0.2, -0.15) is 13.2 Å². The standard InChI is InChI=1S/C18H20F3N3O/c1-2-9-22-17(25)14-8-5-10-24(14)15-11-16(18(19,20)21)23-13-7-4-3-6-12(13)15/h3-4,6-7,11,14H,2,5,8-10H2,1H3,(H,22,25)/t14-/m1/s1. The Morgan fingerprint density at radius 1 is 1.36 bits per heavy atom. The van der Waals surface area contributed by atoms with Crippen LogP contribution >= 0.6 is 0 Å². The molecule has 0 spiro atoms. The number of carbonyl (C=O) groups excluding carboxylic acids is 1. The number of hydrogen-bond donors (Lipinski definition) is 1. The Morgan fingerprint density at radius 2 is 2.12 bits per heavy atom. The number of carbonyl (C=O) groups is 1. The summed E-state index contributed by atoms with van der Waals surface area (Å²) < 4.78 is 39.7. The Labute approximate surface area is 144 Å². The van der Waals surface area contributed by atoms with Gasteiger partial charge in [0.05, 0.1) is 5.52 Å². The molecule has 1 aromatic heterocycles. The van der Waals surface area contributed by atoms with Crippen molar-refractivity contribution in [3.8, 4) is 0 Å². The van der Waals surface area contributed by atoms with Gasteiger partial charge in [0.2, 0.25) is 5.91 Å². The number of anilines is 1. The first-order chi connectivity index (χ1) is 11.9. The number of alkyl halides is 3. The van der Waals surface area contributed by atoms with E-state index in [2.05, 4.69) is 10.3 Å². The van der Waals surface area contributed by atoms with Crippen LogP contribution in [-0.2, 0) is 11.0 Å². The number of amides is 1. The van der Waals surface area contributed by atoms with E-state index in [1.165, 1.54) is 0 Å². The number of fused-ring (bicyclic) bond motifs is 1. The van der Waals surface area contributed by atoms with E-state index in [1.807, 2.05) is 6.92 Å². The highest BCUT2D eigenvalue weighted by Gasteiger charge is 2.36. The fraction of sp³-hybridized carbons (Fsp3) is 0.444. The van der Waals surface area contributed by atoms with Crippen LogP contribution < -0.4 is 10.2 Å². The number of nitrogens with zero attached hydrogens (tertiary/aromatic N) is 2. The van der Waals surface area contributed by atoms with Crippen LogP contribution in [0.4, 0.5) is 18.9 Å². The summed E-state index contributed by atoms with van der Waals surface area (Å²) in [6, 6.07) is 7.36. The van der Waals surface area contributed by atoms with Crippen LogP contribution in [0.1, 0.15) is 31.9 Å². The number of aromatic nitrogens is 1. The van der Waals surface area contributed by atoms with Gasteiger partial charge in [0, 0.05) is 24.2 Å². The molecule has 1 fully saturated rings. The predicted molar refractivity (Wildman–Crippen MR) is 90.4 cm³/mol. The summed E-state index contributed by atoms with van der Waals surface area (Å²) in [5.41, 5.74) is -0.222. The molecule has 2 heterocycles. The van der Waals surface area contributed by atoms with Crippen LogP contribution in [0.25, 0.3) is 10.9 Å². The van der Waals surface area contributed by atoms with Gasteiger partial charge in [0.25, 0.3) is 0 Å². The van der Waals surface area contributed by atoms with Gasteiger partial charge in [0.1, 0.15) is 11.7 Å². The lowest BCUT2D eigenvalue weighted by molar-refractivity contribution is -0.140. The average Bonchev–Trinajstić information content (AvgIpc) is 3.07. The van der Waals surface area contributed by atoms with Crippen molar-refractivity contribution in [3.63, 3.8) is 0 Å². The van der Waals surface area contributed by atoms with Crippen LogP contribution in [0.3, 0.4) is 0 Å². The first-order valence-corrected chi connectivity index (χ1v) is 8.43. The summed E-state index contributed by atoms with van der Waals surface area (Å²) in [4.78, 5) is 17.9. The van der Waals surface area contributed by atoms with Crippen molar-refractivity contribution in [1.82, 2.24) is 10.3 Å². The largest absolute Gasteiger partial charge is 0.433 e. The Morgan fingerprint density at radius 3 is 2.84 bits per heavy atom. The van der Waals surface area contributed by atoms with E-state index < -0.39 is 17.9 Å². The minimum absolute atomic E-state index is 0.131. The minimum atomic E-state index is -4.53. The maximum atomic E-state index is 13.2. The van der Waals surface area contributed by atoms with Gasteiger partial charge < -0.3 is 10.2 Å². The lowest BCUT2D eigenvalue weighted by Crippen LogP contribution is -2.43. The van der Waals surface area contributed by atoms with Crippen molar-refractivity contribution >= 4 is 22.5 Å². The van der Waals surface area contributed by atoms with Gasteiger partial charge in [0.15, 0.2) is 0 Å². The van der Waals surface area contributed by atoms with Gasteiger partial charge in [-0.3, -0.25) is 4.79 Å². The van der Waals surface area contributed by atoms with Crippen molar-refractivity contribution in [2.24, 2.45) is 0 Å². The topological polar surface area (TPSA) is 45.2 Å². The molecule has 3 rings (SSSR count). The maximum absolute atomic E-state index is 13.2. The van der Waals surface area contributed by atoms with E-state index in [1.54, 1.807) is 29.2 Å². The van der Waals surface area contributed by atoms with Crippen molar-refractivity contribution in [3.05, 3.63) is 36.0 Å². The number of pyridine rings is 1. The highest BCUT2D eigenvalue weighted by Crippen LogP contribution is 2.37. The number of hydrogen-bond acceptors (Lipinski definition) is 3. The van der Waals surface area contributed by atoms with E-state index in [-0.39, 0.29) is 11.4 Å². The van der Waals surface area contributed by atoms with E-state index in [4.69, 9.17) is 0 Å². The van der Waals surface area contributed by atoms with Gasteiger partial charge >= 0.3 is 6.18 Å². The molecule has 134 valence electrons. The highest BCUT2D eigenvalue weighted by atomic mass is 19.4. The first kappa shape index (κ1) is 17.5. The lowest BCUT2D eigenvalue weighted by Gasteiger charge is -2.27. The van der Waals surface area contributed by atoms with Gasteiger partial charge in [-0.05, 0) is 31.4 Å². The Balaban J connectivity index is 2.05. The molecule has 1 atom stereocenters. The molecule has 0 radical (unpaired) electrons. The smallest absolute Gasteiger partial charge is 0.359 e. The number of nitrogens with one attached hydrogen (secondary N) is 1. The average molecular weight is 351 g/mol. The Hall–Kier alpha value is -2.31. The van der Waals surface area contributed by atoms with Crippen LogP contribution in [0.15, 0.2) is 30.3 Å². The number of para-hydroxylation sites is 1. The highest BCUT2D eigenvalue weighted by molar-refractivity contribution is 5.95. The molecule has 7 heteroatoms. The number of benzene rings is 1. The second-order valence-corrected chi connectivity index (χ2v) is 6.18. The van der Waals surface area contributed by atoms with Gasteiger partial charge in [-0.25, -0.2) is 4.98 Å². The third-order valence-electron chi connectivity index (χ3n) is 4.40. The molecule has 1 saturated heterocycles. The molecule has 25 heavy (non-hydrogen) atoms. The zero-order valence-corrected chi connectivity index (χ0v) is 13.9. The monoisotopic (exact) mass is 351 g/mol. The summed E-state index contributed by atoms with van der Waals surface area (Å²) in [7, 11) is 0. The van der Waals surface area contributed by atoms with Crippen LogP contribution in [0, 0.1) is 0 Å². The number of rotatable bonds is 4. The molecule has 0 aliphatic carbocycles. The summed E-state index contributed by atoms with van der Waals surface area (Å²) in [5.74, 6) is -0.131. The van der Waals surface area contributed by atoms with E-state index in [0.29, 0.717) is 30.6 Å². The second-order valence-electron chi connectivity index (χ2n) is 6.18. The molecule has 0 unspecified atom stereocenters. The second kappa shape index (κ2) is 6.90. The van der Waals surface area contributed by atoms with Gasteiger partial charge in [-0.1, -0.05) is 25.1 Å². The molecule has 1 aliphatic heterocycles. The Bertz CT molecular complexity index is 776. The molecular weight excluding hydrogens is 331 g/mol. The lowest BCUT2D eigenvalue weighted by atomic mass is 10.1. The van der Waals surface area contributed by atoms with Crippen LogP contribution in [0.2, 0.25) is 0 Å². The molecule has 4 nitrogen and oxygen atoms in total. The third-order valence-corrected chi connectivity index (χ3v) is 4.40. The maximum Gasteiger partial charge on any atom is 0.433 e. The molecule has 0 bridgehead atoms. The SMILES string of the molecule is CCCNC(=O)[C@H]1CCCN1c1cc(C(F)(F)F)nc2ccccc12. The molecule has 1 aliphatic rings. The fourth-order valence-electron chi connectivity index (χ4n) is 3.23. The molecule has 1 aromatic carbocycles. The van der Waals surface area contributed by atoms with Crippen molar-refractivity contribution < 1.29 is 18.0 Å². The van der Waals surface area contributed by atoms with E-state index >= 15 is 0 Å². The van der Waals surface area contributed by atoms with E-state index in [9.17, 15) is 18.0 Å². The predicted octanol–water partition coefficient (Wildman–Crippen LogP) is 3.75. The third kappa shape index (κ3) is 3.55. The summed E-state index contributed by atoms with van der Waals surface area (Å²) in [6.45, 7) is 3.07. The molecule has 1 amide bonds. The van der Waals surface area contributed by atoms with Crippen LogP contribution in [0.5, 0.6) is 0 Å². The number of halogens is 3. The zero-order chi connectivity index (χ0) is 18.0. The quantitative estimate of drug-likeness (QED) is 0.913. The first-order valence-electron chi connectivity index (χ1n) is 8.43. The fourth-order valence-corrected chi connectivity index (χ4v) is 3.23. The van der Waals surface area contributed by atoms with Gasteiger partial charge in [-0.15, -0.1) is 0 Å². The summed E-state index contributed by atoms with van der Waals surface area (Å²) >= 11 is 0. The van der Waals surface area contributed by atoms with Crippen molar-refractivity contribution in [2.45, 2.75) is 38.4 Å². The molecule has 0 saturated carbocycles. The van der Waals surface area contributed by atoms with E-state index in [0.717, 1.165) is 18.9 Å². The molecular formula is C18H20F3N3O.